The van der Waals surface area contributed by atoms with Crippen molar-refractivity contribution in [2.75, 3.05) is 11.9 Å². The Morgan fingerprint density at radius 2 is 1.73 bits per heavy atom. The van der Waals surface area contributed by atoms with Gasteiger partial charge in [-0.1, -0.05) is 55.0 Å². The van der Waals surface area contributed by atoms with Crippen molar-refractivity contribution in [1.82, 2.24) is 4.98 Å². The van der Waals surface area contributed by atoms with Crippen LogP contribution in [0.2, 0.25) is 0 Å². The first-order valence-electron chi connectivity index (χ1n) is 10.8. The molecule has 0 bridgehead atoms. The minimum Gasteiger partial charge on any atom is -0.489 e. The van der Waals surface area contributed by atoms with E-state index in [0.29, 0.717) is 40.7 Å². The fourth-order valence-electron chi connectivity index (χ4n) is 3.11. The molecule has 4 aromatic rings. The molecule has 6 nitrogen and oxygen atoms in total. The van der Waals surface area contributed by atoms with Crippen LogP contribution in [-0.4, -0.2) is 23.5 Å². The minimum atomic E-state index is -0.348. The molecule has 4 rings (SSSR count). The molecule has 1 aromatic heterocycles. The Kier molecular flexibility index (Phi) is 7.32. The maximum atomic E-state index is 12.6. The zero-order valence-corrected chi connectivity index (χ0v) is 19.1. The molecule has 0 atom stereocenters. The van der Waals surface area contributed by atoms with Gasteiger partial charge in [-0.2, -0.15) is 0 Å². The summed E-state index contributed by atoms with van der Waals surface area (Å²) in [5.74, 6) is 0.0792. The monoisotopic (exact) mass is 460 g/mol. The summed E-state index contributed by atoms with van der Waals surface area (Å²) in [4.78, 5) is 29.3. The number of carbonyl (C=O) groups excluding carboxylic acids is 2. The third kappa shape index (κ3) is 5.96. The number of nitrogens with one attached hydrogen (secondary N) is 1. The molecule has 0 aliphatic rings. The van der Waals surface area contributed by atoms with E-state index < -0.39 is 0 Å². The van der Waals surface area contributed by atoms with Gasteiger partial charge in [0, 0.05) is 5.56 Å². The van der Waals surface area contributed by atoms with Gasteiger partial charge in [0.25, 0.3) is 5.91 Å². The summed E-state index contributed by atoms with van der Waals surface area (Å²) in [6, 6.07) is 22.1. The van der Waals surface area contributed by atoms with Crippen LogP contribution in [0, 0.1) is 0 Å². The average Bonchev–Trinajstić information content (AvgIpc) is 3.25. The molecule has 0 aliphatic heterocycles. The summed E-state index contributed by atoms with van der Waals surface area (Å²) >= 11 is 1.31. The van der Waals surface area contributed by atoms with Gasteiger partial charge in [-0.3, -0.25) is 10.1 Å². The largest absolute Gasteiger partial charge is 0.489 e. The number of benzene rings is 3. The molecular formula is C26H24N2O4S. The van der Waals surface area contributed by atoms with E-state index in [1.54, 1.807) is 42.5 Å². The number of hydrogen-bond donors (Lipinski definition) is 1. The van der Waals surface area contributed by atoms with Crippen molar-refractivity contribution >= 4 is 38.6 Å². The van der Waals surface area contributed by atoms with E-state index in [1.807, 2.05) is 37.3 Å². The molecule has 168 valence electrons. The van der Waals surface area contributed by atoms with Crippen LogP contribution in [0.3, 0.4) is 0 Å². The number of amides is 1. The summed E-state index contributed by atoms with van der Waals surface area (Å²) in [5, 5.41) is 3.30. The molecule has 0 spiro atoms. The van der Waals surface area contributed by atoms with Crippen LogP contribution in [0.15, 0.2) is 72.8 Å². The van der Waals surface area contributed by atoms with Crippen LogP contribution in [0.4, 0.5) is 5.13 Å². The standard InChI is InChI=1S/C26H24N2O4S/c1-2-3-15-31-25(30)20-11-14-22-23(16-20)33-26(27-22)28-24(29)19-9-12-21(13-10-19)32-17-18-7-5-4-6-8-18/h4-14,16H,2-3,15,17H2,1H3,(H,27,28,29). The maximum Gasteiger partial charge on any atom is 0.338 e. The van der Waals surface area contributed by atoms with Crippen LogP contribution in [0.25, 0.3) is 10.2 Å². The van der Waals surface area contributed by atoms with E-state index in [4.69, 9.17) is 9.47 Å². The lowest BCUT2D eigenvalue weighted by atomic mass is 10.2. The highest BCUT2D eigenvalue weighted by Gasteiger charge is 2.13. The predicted octanol–water partition coefficient (Wildman–Crippen LogP) is 6.08. The van der Waals surface area contributed by atoms with Crippen LogP contribution in [-0.2, 0) is 11.3 Å². The molecular weight excluding hydrogens is 436 g/mol. The second-order valence-corrected chi connectivity index (χ2v) is 8.47. The van der Waals surface area contributed by atoms with Crippen molar-refractivity contribution in [1.29, 1.82) is 0 Å². The quantitative estimate of drug-likeness (QED) is 0.242. The van der Waals surface area contributed by atoms with E-state index in [1.165, 1.54) is 11.3 Å². The van der Waals surface area contributed by atoms with Gasteiger partial charge in [-0.05, 0) is 54.4 Å². The van der Waals surface area contributed by atoms with E-state index in [2.05, 4.69) is 10.3 Å². The van der Waals surface area contributed by atoms with Gasteiger partial charge in [0.15, 0.2) is 5.13 Å². The molecule has 1 N–H and O–H groups in total. The summed E-state index contributed by atoms with van der Waals surface area (Å²) in [6.45, 7) is 2.92. The number of hydrogen-bond acceptors (Lipinski definition) is 6. The molecule has 0 saturated heterocycles. The minimum absolute atomic E-state index is 0.261. The summed E-state index contributed by atoms with van der Waals surface area (Å²) in [7, 11) is 0. The predicted molar refractivity (Wildman–Crippen MR) is 130 cm³/mol. The number of thiazole rings is 1. The normalized spacial score (nSPS) is 10.7. The molecule has 7 heteroatoms. The van der Waals surface area contributed by atoms with Gasteiger partial charge in [0.2, 0.25) is 0 Å². The Labute approximate surface area is 196 Å². The lowest BCUT2D eigenvalue weighted by Gasteiger charge is -2.07. The van der Waals surface area contributed by atoms with Crippen molar-refractivity contribution in [2.45, 2.75) is 26.4 Å². The molecule has 0 saturated carbocycles. The third-order valence-corrected chi connectivity index (χ3v) is 5.87. The Bertz CT molecular complexity index is 1240. The van der Waals surface area contributed by atoms with Gasteiger partial charge in [-0.15, -0.1) is 0 Å². The number of aromatic nitrogens is 1. The Balaban J connectivity index is 1.37. The lowest BCUT2D eigenvalue weighted by molar-refractivity contribution is 0.0500. The number of fused-ring (bicyclic) bond motifs is 1. The Morgan fingerprint density at radius 1 is 0.970 bits per heavy atom. The van der Waals surface area contributed by atoms with Crippen molar-refractivity contribution < 1.29 is 19.1 Å². The number of anilines is 1. The Hall–Kier alpha value is -3.71. The number of esters is 1. The summed E-state index contributed by atoms with van der Waals surface area (Å²) in [6.07, 6.45) is 1.80. The zero-order valence-electron chi connectivity index (χ0n) is 18.2. The van der Waals surface area contributed by atoms with Crippen LogP contribution in [0.5, 0.6) is 5.75 Å². The van der Waals surface area contributed by atoms with Crippen molar-refractivity contribution in [3.63, 3.8) is 0 Å². The summed E-state index contributed by atoms with van der Waals surface area (Å²) in [5.41, 5.74) is 2.77. The van der Waals surface area contributed by atoms with Crippen LogP contribution in [0.1, 0.15) is 46.0 Å². The first-order valence-corrected chi connectivity index (χ1v) is 11.6. The van der Waals surface area contributed by atoms with Gasteiger partial charge >= 0.3 is 5.97 Å². The first kappa shape index (κ1) is 22.5. The molecule has 0 radical (unpaired) electrons. The Morgan fingerprint density at radius 3 is 2.48 bits per heavy atom. The second kappa shape index (κ2) is 10.7. The fraction of sp³-hybridized carbons (Fsp3) is 0.192. The lowest BCUT2D eigenvalue weighted by Crippen LogP contribution is -2.11. The highest BCUT2D eigenvalue weighted by atomic mass is 32.1. The number of rotatable bonds is 9. The van der Waals surface area contributed by atoms with Crippen molar-refractivity contribution in [3.8, 4) is 5.75 Å². The number of nitrogens with zero attached hydrogens (tertiary/aromatic N) is 1. The molecule has 0 aliphatic carbocycles. The van der Waals surface area contributed by atoms with Crippen LogP contribution >= 0.6 is 11.3 Å². The average molecular weight is 461 g/mol. The topological polar surface area (TPSA) is 77.5 Å². The fourth-order valence-corrected chi connectivity index (χ4v) is 4.01. The summed E-state index contributed by atoms with van der Waals surface area (Å²) < 4.78 is 11.8. The van der Waals surface area contributed by atoms with E-state index in [-0.39, 0.29) is 11.9 Å². The molecule has 33 heavy (non-hydrogen) atoms. The van der Waals surface area contributed by atoms with Gasteiger partial charge < -0.3 is 9.47 Å². The van der Waals surface area contributed by atoms with E-state index >= 15 is 0 Å². The van der Waals surface area contributed by atoms with E-state index in [9.17, 15) is 9.59 Å². The first-order chi connectivity index (χ1) is 16.1. The van der Waals surface area contributed by atoms with Gasteiger partial charge in [-0.25, -0.2) is 9.78 Å². The SMILES string of the molecule is CCCCOC(=O)c1ccc2nc(NC(=O)c3ccc(OCc4ccccc4)cc3)sc2c1. The van der Waals surface area contributed by atoms with Crippen LogP contribution < -0.4 is 10.1 Å². The highest BCUT2D eigenvalue weighted by molar-refractivity contribution is 7.22. The molecule has 1 amide bonds. The van der Waals surface area contributed by atoms with Gasteiger partial charge in [0.1, 0.15) is 12.4 Å². The van der Waals surface area contributed by atoms with Gasteiger partial charge in [0.05, 0.1) is 22.4 Å². The zero-order chi connectivity index (χ0) is 23.0. The highest BCUT2D eigenvalue weighted by Crippen LogP contribution is 2.27. The van der Waals surface area contributed by atoms with E-state index in [0.717, 1.165) is 23.1 Å². The van der Waals surface area contributed by atoms with Crippen molar-refractivity contribution in [3.05, 3.63) is 89.5 Å². The number of carbonyl (C=O) groups is 2. The smallest absolute Gasteiger partial charge is 0.338 e. The number of unbranched alkanes of at least 4 members (excludes halogenated alkanes) is 1. The molecule has 0 unspecified atom stereocenters. The van der Waals surface area contributed by atoms with Crippen molar-refractivity contribution in [2.24, 2.45) is 0 Å². The number of ether oxygens (including phenoxy) is 2. The molecule has 0 fully saturated rings. The third-order valence-electron chi connectivity index (χ3n) is 4.94. The second-order valence-electron chi connectivity index (χ2n) is 7.44. The molecule has 1 heterocycles. The maximum absolute atomic E-state index is 12.6. The molecule has 3 aromatic carbocycles.